The maximum absolute atomic E-state index is 13.5. The Balaban J connectivity index is 2.00. The van der Waals surface area contributed by atoms with Gasteiger partial charge in [0.25, 0.3) is 0 Å². The van der Waals surface area contributed by atoms with E-state index in [1.165, 1.54) is 11.6 Å². The highest BCUT2D eigenvalue weighted by molar-refractivity contribution is 5.25. The molecule has 2 aromatic carbocycles. The van der Waals surface area contributed by atoms with E-state index >= 15 is 0 Å². The van der Waals surface area contributed by atoms with Gasteiger partial charge < -0.3 is 5.32 Å². The predicted molar refractivity (Wildman–Crippen MR) is 77.4 cm³/mol. The Morgan fingerprint density at radius 3 is 2.40 bits per heavy atom. The van der Waals surface area contributed by atoms with Gasteiger partial charge in [0, 0.05) is 18.2 Å². The van der Waals surface area contributed by atoms with Gasteiger partial charge in [0.05, 0.1) is 0 Å². The molecule has 0 saturated heterocycles. The smallest absolute Gasteiger partial charge is 0.127 e. The first-order chi connectivity index (χ1) is 9.60. The van der Waals surface area contributed by atoms with E-state index in [2.05, 4.69) is 36.5 Å². The van der Waals surface area contributed by atoms with Crippen molar-refractivity contribution in [3.05, 3.63) is 70.8 Å². The van der Waals surface area contributed by atoms with Crippen LogP contribution in [0.2, 0.25) is 0 Å². The molecule has 0 amide bonds. The molecular weight excluding hydrogens is 256 g/mol. The highest BCUT2D eigenvalue weighted by Crippen LogP contribution is 2.16. The Kier molecular flexibility index (Phi) is 4.85. The van der Waals surface area contributed by atoms with Crippen LogP contribution in [0.25, 0.3) is 0 Å². The maximum Gasteiger partial charge on any atom is 0.127 e. The van der Waals surface area contributed by atoms with E-state index in [1.807, 2.05) is 6.92 Å². The second-order valence-corrected chi connectivity index (χ2v) is 4.93. The molecule has 20 heavy (non-hydrogen) atoms. The average molecular weight is 275 g/mol. The average Bonchev–Trinajstić information content (AvgIpc) is 2.48. The first-order valence-corrected chi connectivity index (χ1v) is 6.86. The van der Waals surface area contributed by atoms with Gasteiger partial charge in [-0.25, -0.2) is 8.78 Å². The first kappa shape index (κ1) is 14.7. The highest BCUT2D eigenvalue weighted by atomic mass is 19.1. The molecule has 0 heterocycles. The molecular formula is C17H19F2N. The molecule has 2 rings (SSSR count). The summed E-state index contributed by atoms with van der Waals surface area (Å²) in [5.41, 5.74) is 2.78. The minimum atomic E-state index is -0.414. The van der Waals surface area contributed by atoms with Gasteiger partial charge >= 0.3 is 0 Å². The Morgan fingerprint density at radius 2 is 1.75 bits per heavy atom. The molecule has 3 heteroatoms. The molecule has 1 unspecified atom stereocenters. The van der Waals surface area contributed by atoms with Crippen LogP contribution in [0.4, 0.5) is 8.78 Å². The molecule has 106 valence electrons. The van der Waals surface area contributed by atoms with E-state index in [0.29, 0.717) is 12.1 Å². The van der Waals surface area contributed by atoms with Crippen molar-refractivity contribution < 1.29 is 8.78 Å². The summed E-state index contributed by atoms with van der Waals surface area (Å²) in [5, 5.41) is 3.21. The molecule has 0 spiro atoms. The van der Waals surface area contributed by atoms with E-state index < -0.39 is 5.82 Å². The maximum atomic E-state index is 13.5. The fraction of sp³-hybridized carbons (Fsp3) is 0.294. The van der Waals surface area contributed by atoms with Crippen LogP contribution in [0.1, 0.15) is 36.6 Å². The minimum absolute atomic E-state index is 0.0866. The number of hydrogen-bond donors (Lipinski definition) is 1. The summed E-state index contributed by atoms with van der Waals surface area (Å²) in [4.78, 5) is 0. The van der Waals surface area contributed by atoms with E-state index in [4.69, 9.17) is 0 Å². The zero-order chi connectivity index (χ0) is 14.5. The Hall–Kier alpha value is -1.74. The zero-order valence-electron chi connectivity index (χ0n) is 11.8. The number of rotatable bonds is 5. The SMILES string of the molecule is CCc1ccc(C(C)NCc2cc(F)ccc2F)cc1. The highest BCUT2D eigenvalue weighted by Gasteiger charge is 2.08. The predicted octanol–water partition coefficient (Wildman–Crippen LogP) is 4.38. The van der Waals surface area contributed by atoms with Crippen LogP contribution >= 0.6 is 0 Å². The van der Waals surface area contributed by atoms with Gasteiger partial charge in [0.2, 0.25) is 0 Å². The van der Waals surface area contributed by atoms with Gasteiger partial charge in [0.1, 0.15) is 11.6 Å². The lowest BCUT2D eigenvalue weighted by Gasteiger charge is -2.15. The minimum Gasteiger partial charge on any atom is -0.306 e. The molecule has 0 aliphatic rings. The Labute approximate surface area is 118 Å². The summed E-state index contributed by atoms with van der Waals surface area (Å²) in [6.07, 6.45) is 1.01. The van der Waals surface area contributed by atoms with E-state index in [0.717, 1.165) is 24.1 Å². The number of halogens is 2. The van der Waals surface area contributed by atoms with Gasteiger partial charge in [-0.15, -0.1) is 0 Å². The van der Waals surface area contributed by atoms with Crippen LogP contribution in [-0.4, -0.2) is 0 Å². The van der Waals surface area contributed by atoms with E-state index in [1.54, 1.807) is 0 Å². The summed E-state index contributed by atoms with van der Waals surface area (Å²) in [7, 11) is 0. The molecule has 0 fully saturated rings. The lowest BCUT2D eigenvalue weighted by Crippen LogP contribution is -2.19. The van der Waals surface area contributed by atoms with E-state index in [-0.39, 0.29) is 11.9 Å². The lowest BCUT2D eigenvalue weighted by molar-refractivity contribution is 0.535. The largest absolute Gasteiger partial charge is 0.306 e. The number of hydrogen-bond acceptors (Lipinski definition) is 1. The third kappa shape index (κ3) is 3.64. The van der Waals surface area contributed by atoms with Crippen LogP contribution in [0, 0.1) is 11.6 Å². The van der Waals surface area contributed by atoms with Gasteiger partial charge in [-0.2, -0.15) is 0 Å². The molecule has 2 aromatic rings. The van der Waals surface area contributed by atoms with E-state index in [9.17, 15) is 8.78 Å². The van der Waals surface area contributed by atoms with Crippen molar-refractivity contribution in [3.8, 4) is 0 Å². The molecule has 0 radical (unpaired) electrons. The normalized spacial score (nSPS) is 12.4. The lowest BCUT2D eigenvalue weighted by atomic mass is 10.0. The molecule has 1 N–H and O–H groups in total. The Bertz CT molecular complexity index is 564. The standard InChI is InChI=1S/C17H19F2N/c1-3-13-4-6-14(7-5-13)12(2)20-11-15-10-16(18)8-9-17(15)19/h4-10,12,20H,3,11H2,1-2H3. The van der Waals surface area contributed by atoms with Crippen molar-refractivity contribution in [2.24, 2.45) is 0 Å². The Morgan fingerprint density at radius 1 is 1.05 bits per heavy atom. The van der Waals surface area contributed by atoms with Gasteiger partial charge in [0.15, 0.2) is 0 Å². The third-order valence-electron chi connectivity index (χ3n) is 3.49. The van der Waals surface area contributed by atoms with Crippen molar-refractivity contribution in [3.63, 3.8) is 0 Å². The summed E-state index contributed by atoms with van der Waals surface area (Å²) in [5.74, 6) is -0.796. The molecule has 0 aromatic heterocycles. The summed E-state index contributed by atoms with van der Waals surface area (Å²) in [6, 6.07) is 11.9. The molecule has 1 nitrogen and oxygen atoms in total. The van der Waals surface area contributed by atoms with Crippen molar-refractivity contribution in [1.29, 1.82) is 0 Å². The molecule has 1 atom stereocenters. The zero-order valence-corrected chi connectivity index (χ0v) is 11.8. The number of nitrogens with one attached hydrogen (secondary N) is 1. The number of aryl methyl sites for hydroxylation is 1. The first-order valence-electron chi connectivity index (χ1n) is 6.86. The summed E-state index contributed by atoms with van der Waals surface area (Å²) < 4.78 is 26.6. The van der Waals surface area contributed by atoms with Gasteiger partial charge in [-0.1, -0.05) is 31.2 Å². The van der Waals surface area contributed by atoms with Gasteiger partial charge in [-0.3, -0.25) is 0 Å². The van der Waals surface area contributed by atoms with Crippen molar-refractivity contribution in [2.75, 3.05) is 0 Å². The number of benzene rings is 2. The van der Waals surface area contributed by atoms with Crippen LogP contribution < -0.4 is 5.32 Å². The van der Waals surface area contributed by atoms with Crippen LogP contribution in [0.5, 0.6) is 0 Å². The second-order valence-electron chi connectivity index (χ2n) is 4.93. The van der Waals surface area contributed by atoms with Crippen LogP contribution in [-0.2, 0) is 13.0 Å². The summed E-state index contributed by atoms with van der Waals surface area (Å²) >= 11 is 0. The molecule has 0 saturated carbocycles. The molecule has 0 aliphatic heterocycles. The van der Waals surface area contributed by atoms with Crippen LogP contribution in [0.3, 0.4) is 0 Å². The van der Waals surface area contributed by atoms with Crippen molar-refractivity contribution >= 4 is 0 Å². The topological polar surface area (TPSA) is 12.0 Å². The van der Waals surface area contributed by atoms with Gasteiger partial charge in [-0.05, 0) is 42.7 Å². The third-order valence-corrected chi connectivity index (χ3v) is 3.49. The fourth-order valence-electron chi connectivity index (χ4n) is 2.10. The van der Waals surface area contributed by atoms with Crippen molar-refractivity contribution in [2.45, 2.75) is 32.9 Å². The molecule has 0 aliphatic carbocycles. The van der Waals surface area contributed by atoms with Crippen molar-refractivity contribution in [1.82, 2.24) is 5.32 Å². The second kappa shape index (κ2) is 6.62. The monoisotopic (exact) mass is 275 g/mol. The quantitative estimate of drug-likeness (QED) is 0.854. The fourth-order valence-corrected chi connectivity index (χ4v) is 2.10. The molecule has 0 bridgehead atoms. The summed E-state index contributed by atoms with van der Waals surface area (Å²) in [6.45, 7) is 4.43. The van der Waals surface area contributed by atoms with Crippen LogP contribution in [0.15, 0.2) is 42.5 Å².